The lowest BCUT2D eigenvalue weighted by Crippen LogP contribution is -2.22. The van der Waals surface area contributed by atoms with Crippen molar-refractivity contribution in [2.45, 2.75) is 13.0 Å². The van der Waals surface area contributed by atoms with E-state index >= 15 is 0 Å². The molecule has 1 amide bonds. The van der Waals surface area contributed by atoms with Gasteiger partial charge in [0, 0.05) is 13.2 Å². The van der Waals surface area contributed by atoms with E-state index in [1.807, 2.05) is 11.6 Å². The molecule has 0 aliphatic heterocycles. The largest absolute Gasteiger partial charge is 0.350 e. The van der Waals surface area contributed by atoms with E-state index in [1.165, 1.54) is 0 Å². The third kappa shape index (κ3) is 2.60. The molecular formula is C8H10N4O. The summed E-state index contributed by atoms with van der Waals surface area (Å²) in [4.78, 5) is 14.8. The molecule has 13 heavy (non-hydrogen) atoms. The van der Waals surface area contributed by atoms with Crippen molar-refractivity contribution in [3.8, 4) is 6.07 Å². The Morgan fingerprint density at radius 1 is 1.85 bits per heavy atom. The van der Waals surface area contributed by atoms with Crippen LogP contribution in [0.25, 0.3) is 0 Å². The van der Waals surface area contributed by atoms with Crippen molar-refractivity contribution in [1.29, 1.82) is 5.26 Å². The normalized spacial score (nSPS) is 9.23. The first kappa shape index (κ1) is 9.26. The molecule has 5 nitrogen and oxygen atoms in total. The fourth-order valence-corrected chi connectivity index (χ4v) is 0.878. The maximum Gasteiger partial charge on any atom is 0.234 e. The van der Waals surface area contributed by atoms with E-state index in [9.17, 15) is 4.79 Å². The minimum absolute atomic E-state index is 0.0994. The fraction of sp³-hybridized carbons (Fsp3) is 0.375. The second-order valence-electron chi connectivity index (χ2n) is 2.61. The Kier molecular flexibility index (Phi) is 3.03. The highest BCUT2D eigenvalue weighted by Crippen LogP contribution is 1.94. The van der Waals surface area contributed by atoms with E-state index in [-0.39, 0.29) is 12.3 Å². The van der Waals surface area contributed by atoms with Gasteiger partial charge in [-0.15, -0.1) is 0 Å². The van der Waals surface area contributed by atoms with Crippen molar-refractivity contribution in [1.82, 2.24) is 14.9 Å². The molecule has 1 rings (SSSR count). The number of rotatable bonds is 3. The maximum atomic E-state index is 10.9. The molecule has 0 radical (unpaired) electrons. The molecular weight excluding hydrogens is 168 g/mol. The first-order valence-electron chi connectivity index (χ1n) is 3.83. The summed E-state index contributed by atoms with van der Waals surface area (Å²) in [6, 6.07) is 1.78. The van der Waals surface area contributed by atoms with Gasteiger partial charge in [-0.2, -0.15) is 5.26 Å². The molecule has 0 aliphatic rings. The van der Waals surface area contributed by atoms with Gasteiger partial charge in [0.05, 0.1) is 24.6 Å². The monoisotopic (exact) mass is 178 g/mol. The standard InChI is InChI=1S/C8H10N4O/c1-12-6-10-4-7(12)5-11-8(13)2-3-9/h4,6H,2,5H2,1H3,(H,11,13). The zero-order valence-electron chi connectivity index (χ0n) is 7.32. The van der Waals surface area contributed by atoms with Gasteiger partial charge in [0.15, 0.2) is 0 Å². The zero-order valence-corrected chi connectivity index (χ0v) is 7.32. The van der Waals surface area contributed by atoms with Crippen molar-refractivity contribution in [3.63, 3.8) is 0 Å². The van der Waals surface area contributed by atoms with Crippen molar-refractivity contribution < 1.29 is 4.79 Å². The van der Waals surface area contributed by atoms with E-state index < -0.39 is 0 Å². The number of imidazole rings is 1. The average molecular weight is 178 g/mol. The molecule has 0 aromatic carbocycles. The molecule has 0 bridgehead atoms. The number of nitrogens with one attached hydrogen (secondary N) is 1. The number of nitrogens with zero attached hydrogens (tertiary/aromatic N) is 3. The quantitative estimate of drug-likeness (QED) is 0.705. The van der Waals surface area contributed by atoms with E-state index in [1.54, 1.807) is 18.6 Å². The van der Waals surface area contributed by atoms with Gasteiger partial charge in [-0.05, 0) is 0 Å². The lowest BCUT2D eigenvalue weighted by atomic mass is 10.4. The van der Waals surface area contributed by atoms with Gasteiger partial charge >= 0.3 is 0 Å². The third-order valence-electron chi connectivity index (χ3n) is 1.62. The van der Waals surface area contributed by atoms with Gasteiger partial charge in [-0.25, -0.2) is 4.98 Å². The van der Waals surface area contributed by atoms with Crippen LogP contribution in [0.4, 0.5) is 0 Å². The number of amides is 1. The first-order chi connectivity index (χ1) is 6.24. The topological polar surface area (TPSA) is 70.7 Å². The molecule has 0 spiro atoms. The molecule has 1 heterocycles. The van der Waals surface area contributed by atoms with Crippen LogP contribution in [0.2, 0.25) is 0 Å². The predicted octanol–water partition coefficient (Wildman–Crippen LogP) is -0.0500. The molecule has 0 saturated heterocycles. The van der Waals surface area contributed by atoms with E-state index in [0.29, 0.717) is 6.54 Å². The lowest BCUT2D eigenvalue weighted by Gasteiger charge is -2.02. The molecule has 0 unspecified atom stereocenters. The van der Waals surface area contributed by atoms with Crippen LogP contribution >= 0.6 is 0 Å². The Hall–Kier alpha value is -1.83. The minimum Gasteiger partial charge on any atom is -0.350 e. The van der Waals surface area contributed by atoms with Gasteiger partial charge in [0.2, 0.25) is 5.91 Å². The fourth-order valence-electron chi connectivity index (χ4n) is 0.878. The van der Waals surface area contributed by atoms with Gasteiger partial charge in [-0.3, -0.25) is 4.79 Å². The first-order valence-corrected chi connectivity index (χ1v) is 3.83. The van der Waals surface area contributed by atoms with E-state index in [0.717, 1.165) is 5.69 Å². The molecule has 1 N–H and O–H groups in total. The maximum absolute atomic E-state index is 10.9. The third-order valence-corrected chi connectivity index (χ3v) is 1.62. The Morgan fingerprint density at radius 3 is 3.15 bits per heavy atom. The van der Waals surface area contributed by atoms with Gasteiger partial charge in [-0.1, -0.05) is 0 Å². The zero-order chi connectivity index (χ0) is 9.68. The van der Waals surface area contributed by atoms with Gasteiger partial charge in [0.1, 0.15) is 6.42 Å². The number of aryl methyl sites for hydroxylation is 1. The number of carbonyl (C=O) groups excluding carboxylic acids is 1. The van der Waals surface area contributed by atoms with E-state index in [4.69, 9.17) is 5.26 Å². The Balaban J connectivity index is 2.40. The summed E-state index contributed by atoms with van der Waals surface area (Å²) in [5, 5.41) is 10.8. The van der Waals surface area contributed by atoms with Crippen LogP contribution in [-0.4, -0.2) is 15.5 Å². The SMILES string of the molecule is Cn1cncc1CNC(=O)CC#N. The number of hydrogen-bond donors (Lipinski definition) is 1. The predicted molar refractivity (Wildman–Crippen MR) is 45.3 cm³/mol. The van der Waals surface area contributed by atoms with Crippen molar-refractivity contribution in [3.05, 3.63) is 18.2 Å². The second-order valence-corrected chi connectivity index (χ2v) is 2.61. The molecule has 1 aromatic rings. The average Bonchev–Trinajstić information content (AvgIpc) is 2.48. The highest BCUT2D eigenvalue weighted by molar-refractivity contribution is 5.77. The smallest absolute Gasteiger partial charge is 0.234 e. The summed E-state index contributed by atoms with van der Waals surface area (Å²) in [6.07, 6.45) is 3.23. The van der Waals surface area contributed by atoms with Crippen LogP contribution in [0.3, 0.4) is 0 Å². The molecule has 0 atom stereocenters. The summed E-state index contributed by atoms with van der Waals surface area (Å²) < 4.78 is 1.81. The molecule has 5 heteroatoms. The lowest BCUT2D eigenvalue weighted by molar-refractivity contribution is -0.120. The highest BCUT2D eigenvalue weighted by Gasteiger charge is 2.01. The van der Waals surface area contributed by atoms with Crippen molar-refractivity contribution in [2.75, 3.05) is 0 Å². The number of hydrogen-bond acceptors (Lipinski definition) is 3. The van der Waals surface area contributed by atoms with Gasteiger partial charge in [0.25, 0.3) is 0 Å². The Labute approximate surface area is 76.0 Å². The van der Waals surface area contributed by atoms with Crippen LogP contribution in [0.5, 0.6) is 0 Å². The summed E-state index contributed by atoms with van der Waals surface area (Å²) in [7, 11) is 1.85. The van der Waals surface area contributed by atoms with Gasteiger partial charge < -0.3 is 9.88 Å². The number of carbonyl (C=O) groups is 1. The Morgan fingerprint density at radius 2 is 2.62 bits per heavy atom. The summed E-state index contributed by atoms with van der Waals surface area (Å²) >= 11 is 0. The molecule has 0 fully saturated rings. The molecule has 0 saturated carbocycles. The highest BCUT2D eigenvalue weighted by atomic mass is 16.1. The summed E-state index contributed by atoms with van der Waals surface area (Å²) in [5.74, 6) is -0.260. The Bertz CT molecular complexity index is 336. The molecule has 0 aliphatic carbocycles. The summed E-state index contributed by atoms with van der Waals surface area (Å²) in [6.45, 7) is 0.414. The number of aromatic nitrogens is 2. The van der Waals surface area contributed by atoms with Crippen LogP contribution in [0.1, 0.15) is 12.1 Å². The van der Waals surface area contributed by atoms with Crippen LogP contribution in [-0.2, 0) is 18.4 Å². The molecule has 68 valence electrons. The second kappa shape index (κ2) is 4.26. The van der Waals surface area contributed by atoms with Crippen LogP contribution < -0.4 is 5.32 Å². The minimum atomic E-state index is -0.260. The van der Waals surface area contributed by atoms with Crippen LogP contribution in [0.15, 0.2) is 12.5 Å². The number of nitriles is 1. The van der Waals surface area contributed by atoms with Crippen molar-refractivity contribution >= 4 is 5.91 Å². The van der Waals surface area contributed by atoms with Crippen molar-refractivity contribution in [2.24, 2.45) is 7.05 Å². The van der Waals surface area contributed by atoms with E-state index in [2.05, 4.69) is 10.3 Å². The summed E-state index contributed by atoms with van der Waals surface area (Å²) in [5.41, 5.74) is 0.909. The molecule has 1 aromatic heterocycles. The van der Waals surface area contributed by atoms with Crippen LogP contribution in [0, 0.1) is 11.3 Å².